The molecule has 0 spiro atoms. The Hall–Kier alpha value is -1.60. The number of alkyl carbamates (subject to hydrolysis) is 1. The first kappa shape index (κ1) is 34.9. The molecule has 2 aliphatic heterocycles. The summed E-state index contributed by atoms with van der Waals surface area (Å²) in [6.07, 6.45) is -4.69. The third-order valence-electron chi connectivity index (χ3n) is 7.68. The lowest BCUT2D eigenvalue weighted by Crippen LogP contribution is -2.68. The first-order valence-corrected chi connectivity index (χ1v) is 15.8. The van der Waals surface area contributed by atoms with E-state index in [9.17, 15) is 28.5 Å². The van der Waals surface area contributed by atoms with Crippen molar-refractivity contribution in [3.8, 4) is 0 Å². The zero-order chi connectivity index (χ0) is 31.8. The molecule has 11 atom stereocenters. The number of nitrogens with one attached hydrogen (secondary N) is 1. The van der Waals surface area contributed by atoms with E-state index in [1.165, 1.54) is 14.0 Å². The quantitative estimate of drug-likeness (QED) is 0.185. The van der Waals surface area contributed by atoms with Crippen molar-refractivity contribution < 1.29 is 52.2 Å². The van der Waals surface area contributed by atoms with E-state index in [1.54, 1.807) is 26.8 Å². The number of carbonyl (C=O) groups is 1. The average Bonchev–Trinajstić information content (AvgIpc) is 2.84. The van der Waals surface area contributed by atoms with Crippen molar-refractivity contribution in [1.29, 1.82) is 0 Å². The number of sulfonamides is 1. The van der Waals surface area contributed by atoms with Gasteiger partial charge in [0, 0.05) is 13.1 Å². The molecule has 1 aliphatic carbocycles. The Morgan fingerprint density at radius 1 is 1.21 bits per heavy atom. The SMILES string of the molecule is C[C@H]1C[C@@H](N)[C@H](O[C@H]2OC[C@](C)(O)[C@H](N(C)S(C)(=O)=O)[C@H]2O)[C@@H](O)[C@@H]1O[C@H]1OC(CN)=CC[C@H]1NC(=O)OC(C)(C)C. The lowest BCUT2D eigenvalue weighted by atomic mass is 9.80. The minimum atomic E-state index is -3.81. The van der Waals surface area contributed by atoms with Gasteiger partial charge in [0.05, 0.1) is 37.6 Å². The van der Waals surface area contributed by atoms with Crippen molar-refractivity contribution in [2.75, 3.05) is 26.5 Å². The topological polar surface area (TPSA) is 225 Å². The van der Waals surface area contributed by atoms with Gasteiger partial charge in [-0.2, -0.15) is 4.31 Å². The second kappa shape index (κ2) is 13.2. The number of nitrogens with zero attached hydrogens (tertiary/aromatic N) is 1. The van der Waals surface area contributed by atoms with Crippen LogP contribution in [0.1, 0.15) is 47.5 Å². The van der Waals surface area contributed by atoms with Crippen LogP contribution in [0.2, 0.25) is 0 Å². The Morgan fingerprint density at radius 2 is 1.83 bits per heavy atom. The van der Waals surface area contributed by atoms with E-state index in [1.807, 2.05) is 6.92 Å². The highest BCUT2D eigenvalue weighted by Crippen LogP contribution is 2.35. The minimum Gasteiger partial charge on any atom is -0.466 e. The summed E-state index contributed by atoms with van der Waals surface area (Å²) in [6, 6.07) is -2.67. The summed E-state index contributed by atoms with van der Waals surface area (Å²) in [5.41, 5.74) is 9.69. The summed E-state index contributed by atoms with van der Waals surface area (Å²) in [6.45, 7) is 8.15. The number of hydrogen-bond donors (Lipinski definition) is 6. The molecule has 1 saturated carbocycles. The van der Waals surface area contributed by atoms with Crippen LogP contribution in [-0.2, 0) is 33.7 Å². The summed E-state index contributed by atoms with van der Waals surface area (Å²) in [5, 5.41) is 36.1. The fourth-order valence-electron chi connectivity index (χ4n) is 5.55. The lowest BCUT2D eigenvalue weighted by Gasteiger charge is -2.49. The van der Waals surface area contributed by atoms with Crippen LogP contribution >= 0.6 is 0 Å². The van der Waals surface area contributed by atoms with Gasteiger partial charge in [0.25, 0.3) is 0 Å². The number of nitrogens with two attached hydrogens (primary N) is 2. The fraction of sp³-hybridized carbons (Fsp3) is 0.885. The van der Waals surface area contributed by atoms with Crippen LogP contribution in [0.4, 0.5) is 4.79 Å². The molecular weight excluding hydrogens is 576 g/mol. The van der Waals surface area contributed by atoms with Crippen molar-refractivity contribution >= 4 is 16.1 Å². The largest absolute Gasteiger partial charge is 0.466 e. The molecule has 16 heteroatoms. The average molecular weight is 625 g/mol. The third kappa shape index (κ3) is 8.31. The van der Waals surface area contributed by atoms with Gasteiger partial charge in [0.1, 0.15) is 35.3 Å². The summed E-state index contributed by atoms with van der Waals surface area (Å²) in [4.78, 5) is 12.5. The van der Waals surface area contributed by atoms with Gasteiger partial charge in [-0.3, -0.25) is 0 Å². The first-order chi connectivity index (χ1) is 19.2. The van der Waals surface area contributed by atoms with Crippen molar-refractivity contribution in [3.05, 3.63) is 11.8 Å². The van der Waals surface area contributed by atoms with Crippen molar-refractivity contribution in [2.24, 2.45) is 17.4 Å². The van der Waals surface area contributed by atoms with Gasteiger partial charge < -0.3 is 55.8 Å². The number of aliphatic hydroxyl groups excluding tert-OH is 2. The second-order valence-corrected chi connectivity index (χ2v) is 14.7. The highest BCUT2D eigenvalue weighted by atomic mass is 32.2. The Morgan fingerprint density at radius 3 is 2.40 bits per heavy atom. The summed E-state index contributed by atoms with van der Waals surface area (Å²) >= 11 is 0. The van der Waals surface area contributed by atoms with E-state index in [4.69, 9.17) is 35.2 Å². The molecule has 0 aromatic carbocycles. The summed E-state index contributed by atoms with van der Waals surface area (Å²) in [5.74, 6) is 0.173. The van der Waals surface area contributed by atoms with E-state index in [-0.39, 0.29) is 19.1 Å². The molecule has 42 heavy (non-hydrogen) atoms. The Kier molecular flexibility index (Phi) is 10.9. The van der Waals surface area contributed by atoms with E-state index < -0.39 is 82.4 Å². The molecule has 1 amide bonds. The molecule has 0 radical (unpaired) electrons. The first-order valence-electron chi connectivity index (χ1n) is 14.0. The molecule has 2 heterocycles. The number of rotatable bonds is 8. The minimum absolute atomic E-state index is 0.0994. The fourth-order valence-corrected chi connectivity index (χ4v) is 6.32. The lowest BCUT2D eigenvalue weighted by molar-refractivity contribution is -0.310. The Balaban J connectivity index is 1.78. The van der Waals surface area contributed by atoms with E-state index >= 15 is 0 Å². The van der Waals surface area contributed by atoms with E-state index in [0.29, 0.717) is 18.6 Å². The number of likely N-dealkylation sites (N-methyl/N-ethyl adjacent to an activating group) is 1. The van der Waals surface area contributed by atoms with Crippen LogP contribution in [0.25, 0.3) is 0 Å². The second-order valence-electron chi connectivity index (χ2n) is 12.7. The molecular formula is C26H48N4O11S. The highest BCUT2D eigenvalue weighted by molar-refractivity contribution is 7.88. The predicted octanol–water partition coefficient (Wildman–Crippen LogP) is -1.30. The third-order valence-corrected chi connectivity index (χ3v) is 8.95. The highest BCUT2D eigenvalue weighted by Gasteiger charge is 2.53. The molecule has 3 aliphatic rings. The number of hydrogen-bond acceptors (Lipinski definition) is 13. The van der Waals surface area contributed by atoms with Crippen molar-refractivity contribution in [2.45, 2.75) is 114 Å². The molecule has 2 fully saturated rings. The molecule has 244 valence electrons. The smallest absolute Gasteiger partial charge is 0.408 e. The maximum absolute atomic E-state index is 12.5. The zero-order valence-electron chi connectivity index (χ0n) is 25.3. The van der Waals surface area contributed by atoms with Gasteiger partial charge >= 0.3 is 6.09 Å². The molecule has 0 unspecified atom stereocenters. The standard InChI is InChI=1S/C26H48N4O11S/c1-13-10-15(28)20(40-23-18(32)21(26(5,34)12-37-23)30(6)42(7,35)36)17(31)19(13)39-22-16(9-8-14(11-27)38-22)29-24(33)41-25(2,3)4/h8,13,15-23,31-32,34H,9-12,27-28H2,1-7H3,(H,29,33)/t13-,15+,16+,17-,18+,19+,20-,21+,22+,23+,26-/m0/s1. The monoisotopic (exact) mass is 624 g/mol. The Labute approximate surface area is 247 Å². The van der Waals surface area contributed by atoms with Gasteiger partial charge in [-0.25, -0.2) is 13.2 Å². The normalized spacial score (nSPS) is 39.8. The molecule has 8 N–H and O–H groups in total. The number of amides is 1. The van der Waals surface area contributed by atoms with Crippen LogP contribution in [0, 0.1) is 5.92 Å². The molecule has 0 aromatic rings. The van der Waals surface area contributed by atoms with Crippen LogP contribution in [-0.4, -0.2) is 127 Å². The Bertz CT molecular complexity index is 1080. The van der Waals surface area contributed by atoms with Crippen molar-refractivity contribution in [1.82, 2.24) is 9.62 Å². The van der Waals surface area contributed by atoms with Crippen molar-refractivity contribution in [3.63, 3.8) is 0 Å². The van der Waals surface area contributed by atoms with Crippen LogP contribution < -0.4 is 16.8 Å². The van der Waals surface area contributed by atoms with E-state index in [0.717, 1.165) is 10.6 Å². The van der Waals surface area contributed by atoms with Gasteiger partial charge in [0.2, 0.25) is 16.3 Å². The molecule has 1 saturated heterocycles. The summed E-state index contributed by atoms with van der Waals surface area (Å²) < 4.78 is 54.4. The van der Waals surface area contributed by atoms with E-state index in [2.05, 4.69) is 5.32 Å². The molecule has 0 aromatic heterocycles. The van der Waals surface area contributed by atoms with Gasteiger partial charge in [0.15, 0.2) is 6.29 Å². The maximum atomic E-state index is 12.5. The number of ether oxygens (including phenoxy) is 5. The van der Waals surface area contributed by atoms with Crippen LogP contribution in [0.15, 0.2) is 11.8 Å². The molecule has 15 nitrogen and oxygen atoms in total. The van der Waals surface area contributed by atoms with Gasteiger partial charge in [-0.05, 0) is 52.5 Å². The summed E-state index contributed by atoms with van der Waals surface area (Å²) in [7, 11) is -2.57. The maximum Gasteiger partial charge on any atom is 0.408 e. The van der Waals surface area contributed by atoms with Gasteiger partial charge in [-0.15, -0.1) is 0 Å². The van der Waals surface area contributed by atoms with Crippen LogP contribution in [0.3, 0.4) is 0 Å². The molecule has 0 bridgehead atoms. The number of aliphatic hydroxyl groups is 3. The van der Waals surface area contributed by atoms with Crippen LogP contribution in [0.5, 0.6) is 0 Å². The number of carbonyl (C=O) groups excluding carboxylic acids is 1. The predicted molar refractivity (Wildman–Crippen MR) is 150 cm³/mol. The van der Waals surface area contributed by atoms with Gasteiger partial charge in [-0.1, -0.05) is 6.92 Å². The molecule has 3 rings (SSSR count). The zero-order valence-corrected chi connectivity index (χ0v) is 26.1.